The van der Waals surface area contributed by atoms with Gasteiger partial charge in [0.15, 0.2) is 11.5 Å². The van der Waals surface area contributed by atoms with Crippen molar-refractivity contribution in [3.8, 4) is 11.5 Å². The highest BCUT2D eigenvalue weighted by atomic mass is 35.5. The summed E-state index contributed by atoms with van der Waals surface area (Å²) in [5, 5.41) is 2.96. The summed E-state index contributed by atoms with van der Waals surface area (Å²) in [5.74, 6) is -0.104. The van der Waals surface area contributed by atoms with E-state index in [1.54, 1.807) is 19.1 Å². The van der Waals surface area contributed by atoms with Gasteiger partial charge in [0.25, 0.3) is 5.91 Å². The molecule has 0 saturated carbocycles. The first-order valence-corrected chi connectivity index (χ1v) is 9.56. The molecule has 0 heterocycles. The van der Waals surface area contributed by atoms with Crippen molar-refractivity contribution in [2.75, 3.05) is 11.9 Å². The van der Waals surface area contributed by atoms with Crippen LogP contribution in [0.3, 0.4) is 0 Å². The van der Waals surface area contributed by atoms with Gasteiger partial charge in [0.1, 0.15) is 12.4 Å². The van der Waals surface area contributed by atoms with Crippen LogP contribution in [0, 0.1) is 12.7 Å². The van der Waals surface area contributed by atoms with E-state index in [1.165, 1.54) is 18.2 Å². The maximum atomic E-state index is 13.5. The number of nitrogens with one attached hydrogen (secondary N) is 1. The second-order valence-electron chi connectivity index (χ2n) is 6.41. The number of ether oxygens (including phenoxy) is 2. The molecule has 150 valence electrons. The van der Waals surface area contributed by atoms with E-state index in [0.717, 1.165) is 11.1 Å². The highest BCUT2D eigenvalue weighted by molar-refractivity contribution is 6.32. The predicted molar refractivity (Wildman–Crippen MR) is 112 cm³/mol. The topological polar surface area (TPSA) is 47.6 Å². The second-order valence-corrected chi connectivity index (χ2v) is 6.81. The summed E-state index contributed by atoms with van der Waals surface area (Å²) in [6, 6.07) is 16.9. The van der Waals surface area contributed by atoms with Crippen molar-refractivity contribution in [1.29, 1.82) is 0 Å². The van der Waals surface area contributed by atoms with Crippen LogP contribution < -0.4 is 14.8 Å². The minimum absolute atomic E-state index is 0.257. The molecule has 0 unspecified atom stereocenters. The maximum absolute atomic E-state index is 13.5. The van der Waals surface area contributed by atoms with Crippen molar-refractivity contribution in [2.24, 2.45) is 0 Å². The van der Waals surface area contributed by atoms with E-state index in [1.807, 2.05) is 37.3 Å². The molecule has 3 aromatic rings. The van der Waals surface area contributed by atoms with Crippen molar-refractivity contribution >= 4 is 23.2 Å². The first kappa shape index (κ1) is 20.7. The van der Waals surface area contributed by atoms with Gasteiger partial charge >= 0.3 is 0 Å². The van der Waals surface area contributed by atoms with Crippen LogP contribution in [0.4, 0.5) is 10.1 Å². The monoisotopic (exact) mass is 413 g/mol. The Morgan fingerprint density at radius 2 is 1.83 bits per heavy atom. The van der Waals surface area contributed by atoms with Crippen LogP contribution in [0.5, 0.6) is 11.5 Å². The van der Waals surface area contributed by atoms with Crippen LogP contribution in [0.25, 0.3) is 0 Å². The number of rotatable bonds is 7. The zero-order chi connectivity index (χ0) is 20.8. The van der Waals surface area contributed by atoms with E-state index >= 15 is 0 Å². The number of amides is 1. The maximum Gasteiger partial charge on any atom is 0.255 e. The van der Waals surface area contributed by atoms with Gasteiger partial charge in [-0.1, -0.05) is 48.0 Å². The molecule has 0 atom stereocenters. The lowest BCUT2D eigenvalue weighted by Crippen LogP contribution is -2.13. The van der Waals surface area contributed by atoms with Gasteiger partial charge in [0.2, 0.25) is 0 Å². The van der Waals surface area contributed by atoms with Gasteiger partial charge in [0.05, 0.1) is 11.6 Å². The Kier molecular flexibility index (Phi) is 6.73. The Labute approximate surface area is 174 Å². The Balaban J connectivity index is 1.84. The van der Waals surface area contributed by atoms with Gasteiger partial charge < -0.3 is 14.8 Å². The van der Waals surface area contributed by atoms with Crippen LogP contribution in [0.2, 0.25) is 5.02 Å². The third-order valence-corrected chi connectivity index (χ3v) is 4.53. The van der Waals surface area contributed by atoms with E-state index in [4.69, 9.17) is 21.1 Å². The minimum Gasteiger partial charge on any atom is -0.490 e. The van der Waals surface area contributed by atoms with Gasteiger partial charge in [-0.05, 0) is 49.2 Å². The van der Waals surface area contributed by atoms with Crippen LogP contribution in [-0.4, -0.2) is 12.5 Å². The molecule has 0 aliphatic heterocycles. The van der Waals surface area contributed by atoms with Gasteiger partial charge in [-0.2, -0.15) is 0 Å². The van der Waals surface area contributed by atoms with E-state index < -0.39 is 11.7 Å². The number of anilines is 1. The highest BCUT2D eigenvalue weighted by Gasteiger charge is 2.17. The number of hydrogen-bond donors (Lipinski definition) is 1. The normalized spacial score (nSPS) is 10.5. The fourth-order valence-electron chi connectivity index (χ4n) is 2.76. The SMILES string of the molecule is CCOc1cc(C(=O)Nc2cc(F)ccc2C)cc(Cl)c1OCc1ccccc1. The van der Waals surface area contributed by atoms with E-state index in [-0.39, 0.29) is 10.6 Å². The molecule has 0 spiro atoms. The number of carbonyl (C=O) groups is 1. The Morgan fingerprint density at radius 1 is 1.07 bits per heavy atom. The minimum atomic E-state index is -0.427. The molecule has 0 fully saturated rings. The Bertz CT molecular complexity index is 1010. The predicted octanol–water partition coefficient (Wildman–Crippen LogP) is 6.02. The molecule has 0 aliphatic carbocycles. The van der Waals surface area contributed by atoms with E-state index in [2.05, 4.69) is 5.32 Å². The van der Waals surface area contributed by atoms with E-state index in [0.29, 0.717) is 30.4 Å². The van der Waals surface area contributed by atoms with Gasteiger partial charge in [-0.3, -0.25) is 4.79 Å². The molecule has 0 radical (unpaired) electrons. The summed E-state index contributed by atoms with van der Waals surface area (Å²) in [6.45, 7) is 4.31. The molecule has 6 heteroatoms. The Hall–Kier alpha value is -3.05. The zero-order valence-corrected chi connectivity index (χ0v) is 16.9. The standard InChI is InChI=1S/C23H21ClFNO3/c1-3-28-21-12-17(23(27)26-20-13-18(25)10-9-15(20)2)11-19(24)22(21)29-14-16-7-5-4-6-8-16/h4-13H,3,14H2,1-2H3,(H,26,27). The number of aryl methyl sites for hydroxylation is 1. The van der Waals surface area contributed by atoms with Crippen molar-refractivity contribution in [2.45, 2.75) is 20.5 Å². The van der Waals surface area contributed by atoms with Crippen molar-refractivity contribution in [3.63, 3.8) is 0 Å². The zero-order valence-electron chi connectivity index (χ0n) is 16.2. The first-order chi connectivity index (χ1) is 14.0. The lowest BCUT2D eigenvalue weighted by molar-refractivity contribution is 0.102. The summed E-state index contributed by atoms with van der Waals surface area (Å²) in [7, 11) is 0. The fourth-order valence-corrected chi connectivity index (χ4v) is 3.02. The van der Waals surface area contributed by atoms with Crippen LogP contribution in [0.15, 0.2) is 60.7 Å². The fraction of sp³-hybridized carbons (Fsp3) is 0.174. The smallest absolute Gasteiger partial charge is 0.255 e. The first-order valence-electron chi connectivity index (χ1n) is 9.18. The molecule has 1 N–H and O–H groups in total. The average Bonchev–Trinajstić information content (AvgIpc) is 2.71. The summed E-state index contributed by atoms with van der Waals surface area (Å²) >= 11 is 6.40. The molecular weight excluding hydrogens is 393 g/mol. The molecule has 1 amide bonds. The number of halogens is 2. The quantitative estimate of drug-likeness (QED) is 0.515. The van der Waals surface area contributed by atoms with E-state index in [9.17, 15) is 9.18 Å². The van der Waals surface area contributed by atoms with Crippen molar-refractivity contribution in [1.82, 2.24) is 0 Å². The molecule has 29 heavy (non-hydrogen) atoms. The van der Waals surface area contributed by atoms with Crippen LogP contribution in [-0.2, 0) is 6.61 Å². The molecular formula is C23H21ClFNO3. The third-order valence-electron chi connectivity index (χ3n) is 4.25. The summed E-state index contributed by atoms with van der Waals surface area (Å²) < 4.78 is 25.0. The summed E-state index contributed by atoms with van der Waals surface area (Å²) in [6.07, 6.45) is 0. The number of benzene rings is 3. The molecule has 0 aliphatic rings. The molecule has 0 bridgehead atoms. The molecule has 3 rings (SSSR count). The van der Waals surface area contributed by atoms with Gasteiger partial charge in [-0.15, -0.1) is 0 Å². The molecule has 4 nitrogen and oxygen atoms in total. The Morgan fingerprint density at radius 3 is 2.55 bits per heavy atom. The highest BCUT2D eigenvalue weighted by Crippen LogP contribution is 2.37. The molecule has 3 aromatic carbocycles. The summed E-state index contributed by atoms with van der Waals surface area (Å²) in [5.41, 5.74) is 2.41. The van der Waals surface area contributed by atoms with Crippen LogP contribution in [0.1, 0.15) is 28.4 Å². The van der Waals surface area contributed by atoms with Crippen LogP contribution >= 0.6 is 11.6 Å². The number of carbonyl (C=O) groups excluding carboxylic acids is 1. The lowest BCUT2D eigenvalue weighted by Gasteiger charge is -2.16. The second kappa shape index (κ2) is 9.43. The van der Waals surface area contributed by atoms with Gasteiger partial charge in [0, 0.05) is 11.3 Å². The lowest BCUT2D eigenvalue weighted by atomic mass is 10.1. The van der Waals surface area contributed by atoms with Crippen molar-refractivity contribution in [3.05, 3.63) is 88.2 Å². The van der Waals surface area contributed by atoms with Crippen molar-refractivity contribution < 1.29 is 18.7 Å². The third kappa shape index (κ3) is 5.27. The summed E-state index contributed by atoms with van der Waals surface area (Å²) in [4.78, 5) is 12.7. The average molecular weight is 414 g/mol. The molecule has 0 saturated heterocycles. The number of hydrogen-bond acceptors (Lipinski definition) is 3. The largest absolute Gasteiger partial charge is 0.490 e. The van der Waals surface area contributed by atoms with Gasteiger partial charge in [-0.25, -0.2) is 4.39 Å². The molecule has 0 aromatic heterocycles.